The summed E-state index contributed by atoms with van der Waals surface area (Å²) in [6.07, 6.45) is 6.68. The molecule has 0 heterocycles. The van der Waals surface area contributed by atoms with Gasteiger partial charge in [0.05, 0.1) is 0 Å². The summed E-state index contributed by atoms with van der Waals surface area (Å²) in [6.45, 7) is 9.99. The molecule has 2 rings (SSSR count). The minimum Gasteiger partial charge on any atom is -0.382 e. The minimum absolute atomic E-state index is 0.861. The number of hydrogen-bond donors (Lipinski definition) is 0. The fourth-order valence-corrected chi connectivity index (χ4v) is 1.71. The zero-order chi connectivity index (χ0) is 17.2. The zero-order valence-electron chi connectivity index (χ0n) is 15.2. The van der Waals surface area contributed by atoms with Crippen molar-refractivity contribution in [3.63, 3.8) is 0 Å². The zero-order valence-corrected chi connectivity index (χ0v) is 15.2. The average Bonchev–Trinajstić information content (AvgIpc) is 2.64. The van der Waals surface area contributed by atoms with Crippen LogP contribution in [0, 0.1) is 0 Å². The standard InChI is InChI=1S/C14H12.C6H14O.C2H6/c1-3-7-13(8-4-1)11-12-14-9-5-2-6-10-14;1-3-5-6-7-4-2;1-2/h1-12H;3-6H2,1-2H3;1-2H3/b12-11+;;. The fourth-order valence-electron chi connectivity index (χ4n) is 1.71. The molecule has 0 amide bonds. The summed E-state index contributed by atoms with van der Waals surface area (Å²) in [5.41, 5.74) is 2.47. The van der Waals surface area contributed by atoms with Crippen LogP contribution >= 0.6 is 0 Å². The lowest BCUT2D eigenvalue weighted by Gasteiger charge is -1.94. The second-order valence-corrected chi connectivity index (χ2v) is 4.71. The van der Waals surface area contributed by atoms with E-state index in [1.807, 2.05) is 57.2 Å². The number of ether oxygens (including phenoxy) is 1. The van der Waals surface area contributed by atoms with Crippen LogP contribution in [-0.2, 0) is 4.74 Å². The highest BCUT2D eigenvalue weighted by atomic mass is 16.5. The average molecular weight is 312 g/mol. The molecular weight excluding hydrogens is 280 g/mol. The SMILES string of the molecule is C(=C\c1ccccc1)/c1ccccc1.CC.CCCCOCC. The van der Waals surface area contributed by atoms with Gasteiger partial charge in [-0.2, -0.15) is 0 Å². The molecular formula is C22H32O. The van der Waals surface area contributed by atoms with Gasteiger partial charge in [0, 0.05) is 13.2 Å². The minimum atomic E-state index is 0.861. The van der Waals surface area contributed by atoms with E-state index in [-0.39, 0.29) is 0 Å². The quantitative estimate of drug-likeness (QED) is 0.425. The van der Waals surface area contributed by atoms with E-state index >= 15 is 0 Å². The van der Waals surface area contributed by atoms with Crippen LogP contribution < -0.4 is 0 Å². The third kappa shape index (κ3) is 12.4. The van der Waals surface area contributed by atoms with Crippen molar-refractivity contribution >= 4 is 12.2 Å². The van der Waals surface area contributed by atoms with Gasteiger partial charge < -0.3 is 4.74 Å². The van der Waals surface area contributed by atoms with Gasteiger partial charge in [0.1, 0.15) is 0 Å². The molecule has 0 aliphatic heterocycles. The summed E-state index contributed by atoms with van der Waals surface area (Å²) in [4.78, 5) is 0. The van der Waals surface area contributed by atoms with Gasteiger partial charge >= 0.3 is 0 Å². The molecule has 126 valence electrons. The Balaban J connectivity index is 0.000000460. The van der Waals surface area contributed by atoms with Crippen LogP contribution in [-0.4, -0.2) is 13.2 Å². The molecule has 2 aromatic rings. The van der Waals surface area contributed by atoms with Crippen LogP contribution in [0.25, 0.3) is 12.2 Å². The summed E-state index contributed by atoms with van der Waals surface area (Å²) in [5.74, 6) is 0. The van der Waals surface area contributed by atoms with Gasteiger partial charge in [-0.15, -0.1) is 0 Å². The van der Waals surface area contributed by atoms with Crippen molar-refractivity contribution in [3.8, 4) is 0 Å². The molecule has 0 radical (unpaired) electrons. The molecule has 0 aromatic heterocycles. The second kappa shape index (κ2) is 16.5. The molecule has 0 aliphatic rings. The molecule has 23 heavy (non-hydrogen) atoms. The number of hydrogen-bond acceptors (Lipinski definition) is 1. The molecule has 0 saturated carbocycles. The molecule has 2 aromatic carbocycles. The maximum Gasteiger partial charge on any atom is 0.0465 e. The van der Waals surface area contributed by atoms with E-state index in [9.17, 15) is 0 Å². The Morgan fingerprint density at radius 2 is 1.17 bits per heavy atom. The Morgan fingerprint density at radius 1 is 0.739 bits per heavy atom. The van der Waals surface area contributed by atoms with E-state index < -0.39 is 0 Å². The first kappa shape index (κ1) is 21.1. The molecule has 0 N–H and O–H groups in total. The summed E-state index contributed by atoms with van der Waals surface area (Å²) in [6, 6.07) is 20.6. The van der Waals surface area contributed by atoms with Crippen molar-refractivity contribution < 1.29 is 4.74 Å². The fraction of sp³-hybridized carbons (Fsp3) is 0.364. The predicted molar refractivity (Wildman–Crippen MR) is 105 cm³/mol. The van der Waals surface area contributed by atoms with Crippen molar-refractivity contribution in [2.45, 2.75) is 40.5 Å². The first-order valence-electron chi connectivity index (χ1n) is 8.72. The van der Waals surface area contributed by atoms with E-state index in [1.165, 1.54) is 24.0 Å². The van der Waals surface area contributed by atoms with Crippen molar-refractivity contribution in [2.75, 3.05) is 13.2 Å². The number of benzene rings is 2. The van der Waals surface area contributed by atoms with Gasteiger partial charge in [0.25, 0.3) is 0 Å². The molecule has 0 spiro atoms. The van der Waals surface area contributed by atoms with Crippen LogP contribution in [0.15, 0.2) is 60.7 Å². The Hall–Kier alpha value is -1.86. The van der Waals surface area contributed by atoms with E-state index in [0.29, 0.717) is 0 Å². The van der Waals surface area contributed by atoms with Crippen molar-refractivity contribution in [1.82, 2.24) is 0 Å². The second-order valence-electron chi connectivity index (χ2n) is 4.71. The Kier molecular flexibility index (Phi) is 15.2. The monoisotopic (exact) mass is 312 g/mol. The molecule has 1 nitrogen and oxygen atoms in total. The lowest BCUT2D eigenvalue weighted by Crippen LogP contribution is -1.90. The van der Waals surface area contributed by atoms with Crippen LogP contribution in [0.5, 0.6) is 0 Å². The first-order valence-corrected chi connectivity index (χ1v) is 8.72. The molecule has 0 aliphatic carbocycles. The highest BCUT2D eigenvalue weighted by Crippen LogP contribution is 2.06. The summed E-state index contributed by atoms with van der Waals surface area (Å²) in [7, 11) is 0. The lowest BCUT2D eigenvalue weighted by atomic mass is 10.1. The smallest absolute Gasteiger partial charge is 0.0465 e. The Bertz CT molecular complexity index is 428. The maximum atomic E-state index is 5.07. The highest BCUT2D eigenvalue weighted by Gasteiger charge is 1.84. The predicted octanol–water partition coefficient (Wildman–Crippen LogP) is 6.71. The van der Waals surface area contributed by atoms with Gasteiger partial charge in [-0.1, -0.05) is 100 Å². The summed E-state index contributed by atoms with van der Waals surface area (Å²) in [5, 5.41) is 0. The van der Waals surface area contributed by atoms with Gasteiger partial charge in [-0.25, -0.2) is 0 Å². The van der Waals surface area contributed by atoms with Crippen LogP contribution in [0.2, 0.25) is 0 Å². The van der Waals surface area contributed by atoms with Gasteiger partial charge in [0.15, 0.2) is 0 Å². The van der Waals surface area contributed by atoms with E-state index in [1.54, 1.807) is 0 Å². The third-order valence-electron chi connectivity index (χ3n) is 2.91. The third-order valence-corrected chi connectivity index (χ3v) is 2.91. The molecule has 1 heteroatoms. The van der Waals surface area contributed by atoms with Crippen molar-refractivity contribution in [1.29, 1.82) is 0 Å². The number of unbranched alkanes of at least 4 members (excludes halogenated alkanes) is 1. The largest absolute Gasteiger partial charge is 0.382 e. The van der Waals surface area contributed by atoms with Gasteiger partial charge in [0.2, 0.25) is 0 Å². The van der Waals surface area contributed by atoms with Crippen LogP contribution in [0.4, 0.5) is 0 Å². The first-order chi connectivity index (χ1) is 11.4. The van der Waals surface area contributed by atoms with Crippen molar-refractivity contribution in [3.05, 3.63) is 71.8 Å². The topological polar surface area (TPSA) is 9.23 Å². The summed E-state index contributed by atoms with van der Waals surface area (Å²) >= 11 is 0. The molecule has 0 bridgehead atoms. The van der Waals surface area contributed by atoms with Gasteiger partial charge in [-0.05, 0) is 24.5 Å². The van der Waals surface area contributed by atoms with Crippen molar-refractivity contribution in [2.24, 2.45) is 0 Å². The summed E-state index contributed by atoms with van der Waals surface area (Å²) < 4.78 is 5.07. The molecule has 0 saturated heterocycles. The van der Waals surface area contributed by atoms with E-state index in [2.05, 4.69) is 43.3 Å². The highest BCUT2D eigenvalue weighted by molar-refractivity contribution is 5.69. The normalized spacial score (nSPS) is 9.57. The lowest BCUT2D eigenvalue weighted by molar-refractivity contribution is 0.144. The molecule has 0 atom stereocenters. The van der Waals surface area contributed by atoms with Crippen LogP contribution in [0.1, 0.15) is 51.7 Å². The van der Waals surface area contributed by atoms with Crippen LogP contribution in [0.3, 0.4) is 0 Å². The maximum absolute atomic E-state index is 5.07. The number of rotatable bonds is 6. The molecule has 0 unspecified atom stereocenters. The molecule has 0 fully saturated rings. The van der Waals surface area contributed by atoms with Gasteiger partial charge in [-0.3, -0.25) is 0 Å². The Morgan fingerprint density at radius 3 is 1.52 bits per heavy atom. The van der Waals surface area contributed by atoms with E-state index in [0.717, 1.165) is 13.2 Å². The Labute approximate surface area is 143 Å². The van der Waals surface area contributed by atoms with E-state index in [4.69, 9.17) is 4.74 Å².